The van der Waals surface area contributed by atoms with E-state index in [4.69, 9.17) is 9.78 Å². The largest absolute Gasteiger partial charge is 0.356 e. The number of anilines is 1. The van der Waals surface area contributed by atoms with Crippen LogP contribution >= 0.6 is 0 Å². The van der Waals surface area contributed by atoms with Crippen LogP contribution in [0.25, 0.3) is 11.6 Å². The quantitative estimate of drug-likeness (QED) is 0.871. The van der Waals surface area contributed by atoms with Gasteiger partial charge in [-0.15, -0.1) is 0 Å². The molecule has 1 aliphatic rings. The Balaban J connectivity index is 1.82. The van der Waals surface area contributed by atoms with Crippen molar-refractivity contribution in [1.82, 2.24) is 15.1 Å². The molecule has 3 rings (SSSR count). The summed E-state index contributed by atoms with van der Waals surface area (Å²) in [6.07, 6.45) is 5.24. The Labute approximate surface area is 104 Å². The van der Waals surface area contributed by atoms with Crippen molar-refractivity contribution in [1.29, 1.82) is 5.26 Å². The van der Waals surface area contributed by atoms with Gasteiger partial charge in [-0.2, -0.15) is 10.2 Å². The molecule has 0 amide bonds. The molecule has 0 aliphatic carbocycles. The molecular formula is C12H13N5O. The Morgan fingerprint density at radius 1 is 1.33 bits per heavy atom. The van der Waals surface area contributed by atoms with Crippen LogP contribution in [-0.4, -0.2) is 28.2 Å². The number of hydrogen-bond acceptors (Lipinski definition) is 5. The molecule has 0 spiro atoms. The van der Waals surface area contributed by atoms with Gasteiger partial charge in [-0.05, 0) is 30.5 Å². The Morgan fingerprint density at radius 2 is 2.17 bits per heavy atom. The summed E-state index contributed by atoms with van der Waals surface area (Å²) >= 11 is 0. The number of aromatic amines is 1. The van der Waals surface area contributed by atoms with E-state index in [2.05, 4.69) is 26.1 Å². The number of nitrogens with one attached hydrogen (secondary N) is 1. The molecule has 0 aromatic carbocycles. The zero-order valence-corrected chi connectivity index (χ0v) is 9.89. The van der Waals surface area contributed by atoms with E-state index in [1.165, 1.54) is 19.3 Å². The van der Waals surface area contributed by atoms with Gasteiger partial charge in [0.05, 0.1) is 5.56 Å². The van der Waals surface area contributed by atoms with Crippen LogP contribution in [0, 0.1) is 11.3 Å². The van der Waals surface area contributed by atoms with Gasteiger partial charge in [0.2, 0.25) is 0 Å². The van der Waals surface area contributed by atoms with Gasteiger partial charge in [0.1, 0.15) is 11.8 Å². The molecule has 6 nitrogen and oxygen atoms in total. The summed E-state index contributed by atoms with van der Waals surface area (Å²) in [5.41, 5.74) is 1.24. The van der Waals surface area contributed by atoms with Crippen LogP contribution in [-0.2, 0) is 0 Å². The van der Waals surface area contributed by atoms with E-state index >= 15 is 0 Å². The SMILES string of the molecule is N#Cc1c[nH]c(-c2nc(N3CCCCC3)no2)c1. The lowest BCUT2D eigenvalue weighted by Crippen LogP contribution is -2.30. The average Bonchev–Trinajstić information content (AvgIpc) is 3.08. The first-order valence-corrected chi connectivity index (χ1v) is 6.04. The van der Waals surface area contributed by atoms with Gasteiger partial charge in [0, 0.05) is 19.3 Å². The molecule has 0 radical (unpaired) electrons. The Kier molecular flexibility index (Phi) is 2.73. The molecule has 2 aromatic rings. The van der Waals surface area contributed by atoms with Crippen LogP contribution in [0.2, 0.25) is 0 Å². The molecule has 0 atom stereocenters. The second-order valence-electron chi connectivity index (χ2n) is 4.36. The molecule has 1 fully saturated rings. The molecule has 18 heavy (non-hydrogen) atoms. The van der Waals surface area contributed by atoms with Gasteiger partial charge < -0.3 is 14.4 Å². The van der Waals surface area contributed by atoms with Crippen molar-refractivity contribution in [2.45, 2.75) is 19.3 Å². The third kappa shape index (κ3) is 1.95. The molecule has 92 valence electrons. The highest BCUT2D eigenvalue weighted by atomic mass is 16.5. The van der Waals surface area contributed by atoms with Crippen molar-refractivity contribution in [2.24, 2.45) is 0 Å². The summed E-state index contributed by atoms with van der Waals surface area (Å²) in [7, 11) is 0. The number of nitriles is 1. The van der Waals surface area contributed by atoms with Crippen LogP contribution < -0.4 is 4.90 Å². The van der Waals surface area contributed by atoms with Crippen molar-refractivity contribution in [3.05, 3.63) is 17.8 Å². The van der Waals surface area contributed by atoms with Gasteiger partial charge in [0.25, 0.3) is 11.8 Å². The minimum Gasteiger partial charge on any atom is -0.356 e. The monoisotopic (exact) mass is 243 g/mol. The van der Waals surface area contributed by atoms with Crippen LogP contribution in [0.1, 0.15) is 24.8 Å². The summed E-state index contributed by atoms with van der Waals surface area (Å²) in [5, 5.41) is 12.8. The molecule has 1 N–H and O–H groups in total. The summed E-state index contributed by atoms with van der Waals surface area (Å²) in [6, 6.07) is 3.76. The third-order valence-corrected chi connectivity index (χ3v) is 3.10. The highest BCUT2D eigenvalue weighted by molar-refractivity contribution is 5.53. The fourth-order valence-corrected chi connectivity index (χ4v) is 2.13. The minimum absolute atomic E-state index is 0.428. The maximum Gasteiger partial charge on any atom is 0.275 e. The Bertz CT molecular complexity index is 573. The van der Waals surface area contributed by atoms with Gasteiger partial charge >= 0.3 is 0 Å². The molecular weight excluding hydrogens is 230 g/mol. The fraction of sp³-hybridized carbons (Fsp3) is 0.417. The lowest BCUT2D eigenvalue weighted by atomic mass is 10.1. The first-order valence-electron chi connectivity index (χ1n) is 6.04. The summed E-state index contributed by atoms with van der Waals surface area (Å²) in [5.74, 6) is 1.06. The van der Waals surface area contributed by atoms with Crippen molar-refractivity contribution >= 4 is 5.95 Å². The van der Waals surface area contributed by atoms with Crippen molar-refractivity contribution in [3.8, 4) is 17.7 Å². The second-order valence-corrected chi connectivity index (χ2v) is 4.36. The van der Waals surface area contributed by atoms with E-state index in [0.29, 0.717) is 23.1 Å². The van der Waals surface area contributed by atoms with Gasteiger partial charge in [0.15, 0.2) is 0 Å². The van der Waals surface area contributed by atoms with Crippen molar-refractivity contribution in [3.63, 3.8) is 0 Å². The van der Waals surface area contributed by atoms with E-state index in [9.17, 15) is 0 Å². The third-order valence-electron chi connectivity index (χ3n) is 3.10. The number of H-pyrrole nitrogens is 1. The first kappa shape index (κ1) is 10.8. The molecule has 2 aromatic heterocycles. The zero-order valence-electron chi connectivity index (χ0n) is 9.89. The predicted molar refractivity (Wildman–Crippen MR) is 64.9 cm³/mol. The number of rotatable bonds is 2. The van der Waals surface area contributed by atoms with E-state index in [0.717, 1.165) is 13.1 Å². The van der Waals surface area contributed by atoms with Crippen LogP contribution in [0.15, 0.2) is 16.8 Å². The van der Waals surface area contributed by atoms with Crippen LogP contribution in [0.4, 0.5) is 5.95 Å². The van der Waals surface area contributed by atoms with Crippen LogP contribution in [0.5, 0.6) is 0 Å². The van der Waals surface area contributed by atoms with Crippen LogP contribution in [0.3, 0.4) is 0 Å². The molecule has 0 unspecified atom stereocenters. The smallest absolute Gasteiger partial charge is 0.275 e. The normalized spacial score (nSPS) is 15.6. The number of piperidine rings is 1. The number of aromatic nitrogens is 3. The summed E-state index contributed by atoms with van der Waals surface area (Å²) in [4.78, 5) is 9.44. The molecule has 1 aliphatic heterocycles. The maximum absolute atomic E-state index is 8.76. The van der Waals surface area contributed by atoms with E-state index < -0.39 is 0 Å². The number of nitrogens with zero attached hydrogens (tertiary/aromatic N) is 4. The topological polar surface area (TPSA) is 81.7 Å². The standard InChI is InChI=1S/C12H13N5O/c13-7-9-6-10(14-8-9)11-15-12(16-18-11)17-4-2-1-3-5-17/h6,8,14H,1-5H2. The zero-order chi connectivity index (χ0) is 12.4. The highest BCUT2D eigenvalue weighted by Crippen LogP contribution is 2.21. The van der Waals surface area contributed by atoms with E-state index in [-0.39, 0.29) is 0 Å². The van der Waals surface area contributed by atoms with Gasteiger partial charge in [-0.25, -0.2) is 0 Å². The lowest BCUT2D eigenvalue weighted by Gasteiger charge is -2.24. The van der Waals surface area contributed by atoms with E-state index in [1.807, 2.05) is 0 Å². The Morgan fingerprint density at radius 3 is 2.89 bits per heavy atom. The Hall–Kier alpha value is -2.29. The molecule has 3 heterocycles. The molecule has 0 bridgehead atoms. The molecule has 6 heteroatoms. The fourth-order valence-electron chi connectivity index (χ4n) is 2.13. The van der Waals surface area contributed by atoms with Crippen molar-refractivity contribution < 1.29 is 4.52 Å². The second kappa shape index (κ2) is 4.53. The number of hydrogen-bond donors (Lipinski definition) is 1. The molecule has 0 saturated carbocycles. The van der Waals surface area contributed by atoms with E-state index in [1.54, 1.807) is 12.3 Å². The average molecular weight is 243 g/mol. The first-order chi connectivity index (χ1) is 8.86. The predicted octanol–water partition coefficient (Wildman–Crippen LogP) is 1.93. The summed E-state index contributed by atoms with van der Waals surface area (Å²) in [6.45, 7) is 1.96. The summed E-state index contributed by atoms with van der Waals surface area (Å²) < 4.78 is 5.22. The molecule has 1 saturated heterocycles. The lowest BCUT2D eigenvalue weighted by molar-refractivity contribution is 0.425. The minimum atomic E-state index is 0.428. The highest BCUT2D eigenvalue weighted by Gasteiger charge is 2.18. The van der Waals surface area contributed by atoms with Gasteiger partial charge in [-0.3, -0.25) is 0 Å². The maximum atomic E-state index is 8.76. The van der Waals surface area contributed by atoms with Gasteiger partial charge in [-0.1, -0.05) is 0 Å². The van der Waals surface area contributed by atoms with Crippen molar-refractivity contribution in [2.75, 3.05) is 18.0 Å².